The van der Waals surface area contributed by atoms with E-state index in [9.17, 15) is 31.2 Å². The van der Waals surface area contributed by atoms with Crippen molar-refractivity contribution in [2.24, 2.45) is 5.92 Å². The van der Waals surface area contributed by atoms with Gasteiger partial charge in [0, 0.05) is 32.1 Å². The summed E-state index contributed by atoms with van der Waals surface area (Å²) < 4.78 is 65.2. The van der Waals surface area contributed by atoms with Crippen LogP contribution in [0.25, 0.3) is 0 Å². The molecule has 31 heavy (non-hydrogen) atoms. The summed E-state index contributed by atoms with van der Waals surface area (Å²) in [6, 6.07) is 3.35. The van der Waals surface area contributed by atoms with Gasteiger partial charge in [0.25, 0.3) is 0 Å². The predicted molar refractivity (Wildman–Crippen MR) is 106 cm³/mol. The number of halogens is 3. The van der Waals surface area contributed by atoms with Crippen LogP contribution in [0.3, 0.4) is 0 Å². The van der Waals surface area contributed by atoms with Crippen molar-refractivity contribution in [2.75, 3.05) is 32.7 Å². The van der Waals surface area contributed by atoms with Crippen LogP contribution < -0.4 is 4.72 Å². The molecule has 0 aliphatic carbocycles. The van der Waals surface area contributed by atoms with Crippen LogP contribution in [0.15, 0.2) is 29.2 Å². The van der Waals surface area contributed by atoms with Crippen molar-refractivity contribution in [3.8, 4) is 0 Å². The fourth-order valence-corrected chi connectivity index (χ4v) is 4.96. The Hall–Kier alpha value is -2.14. The molecule has 1 N–H and O–H groups in total. The third-order valence-corrected chi connectivity index (χ3v) is 7.15. The zero-order chi connectivity index (χ0) is 22.6. The first-order valence-electron chi connectivity index (χ1n) is 10.3. The lowest BCUT2D eigenvalue weighted by Gasteiger charge is -2.35. The van der Waals surface area contributed by atoms with Crippen molar-refractivity contribution < 1.29 is 31.2 Å². The van der Waals surface area contributed by atoms with Gasteiger partial charge in [-0.3, -0.25) is 9.59 Å². The van der Waals surface area contributed by atoms with Crippen LogP contribution in [0.2, 0.25) is 0 Å². The van der Waals surface area contributed by atoms with E-state index in [0.29, 0.717) is 32.0 Å². The molecule has 172 valence electrons. The van der Waals surface area contributed by atoms with E-state index in [-0.39, 0.29) is 11.8 Å². The van der Waals surface area contributed by atoms with Crippen LogP contribution in [-0.4, -0.2) is 62.8 Å². The van der Waals surface area contributed by atoms with Gasteiger partial charge in [0.2, 0.25) is 21.8 Å². The number of amides is 2. The molecule has 0 spiro atoms. The number of nitrogens with one attached hydrogen (secondary N) is 1. The van der Waals surface area contributed by atoms with E-state index < -0.39 is 39.1 Å². The standard InChI is InChI=1S/C20H26F3N3O4S/c21-20(22,23)16-5-4-6-17(13-16)31(29,30)24-14-18(27)25-11-7-15(8-12-25)19(28)26-9-2-1-3-10-26/h4-6,13,15,24H,1-3,7-12,14H2. The first-order chi connectivity index (χ1) is 14.6. The molecule has 2 fully saturated rings. The molecule has 7 nitrogen and oxygen atoms in total. The van der Waals surface area contributed by atoms with Crippen LogP contribution >= 0.6 is 0 Å². The van der Waals surface area contributed by atoms with E-state index in [0.717, 1.165) is 50.6 Å². The van der Waals surface area contributed by atoms with Crippen molar-refractivity contribution in [2.45, 2.75) is 43.2 Å². The minimum absolute atomic E-state index is 0.122. The van der Waals surface area contributed by atoms with Gasteiger partial charge in [0.05, 0.1) is 17.0 Å². The van der Waals surface area contributed by atoms with Crippen LogP contribution in [0.4, 0.5) is 13.2 Å². The van der Waals surface area contributed by atoms with Crippen molar-refractivity contribution in [3.05, 3.63) is 29.8 Å². The highest BCUT2D eigenvalue weighted by Gasteiger charge is 2.33. The van der Waals surface area contributed by atoms with Crippen molar-refractivity contribution in [3.63, 3.8) is 0 Å². The van der Waals surface area contributed by atoms with Gasteiger partial charge in [0.1, 0.15) is 0 Å². The molecule has 11 heteroatoms. The first kappa shape index (κ1) is 23.5. The van der Waals surface area contributed by atoms with Crippen molar-refractivity contribution in [1.29, 1.82) is 0 Å². The SMILES string of the molecule is O=C(CNS(=O)(=O)c1cccc(C(F)(F)F)c1)N1CCC(C(=O)N2CCCCC2)CC1. The Labute approximate surface area is 179 Å². The van der Waals surface area contributed by atoms with E-state index in [1.807, 2.05) is 4.90 Å². The molecule has 2 saturated heterocycles. The van der Waals surface area contributed by atoms with Gasteiger partial charge >= 0.3 is 6.18 Å². The Balaban J connectivity index is 1.51. The Morgan fingerprint density at radius 1 is 1.00 bits per heavy atom. The molecular weight excluding hydrogens is 435 g/mol. The molecule has 1 aromatic carbocycles. The van der Waals surface area contributed by atoms with Crippen molar-refractivity contribution >= 4 is 21.8 Å². The Bertz CT molecular complexity index is 906. The zero-order valence-corrected chi connectivity index (χ0v) is 17.8. The molecule has 1 aromatic rings. The van der Waals surface area contributed by atoms with E-state index in [1.54, 1.807) is 0 Å². The fraction of sp³-hybridized carbons (Fsp3) is 0.600. The number of piperidine rings is 2. The Kier molecular flexibility index (Phi) is 7.25. The maximum atomic E-state index is 12.8. The van der Waals surface area contributed by atoms with E-state index >= 15 is 0 Å². The monoisotopic (exact) mass is 461 g/mol. The van der Waals surface area contributed by atoms with Crippen LogP contribution in [0.5, 0.6) is 0 Å². The number of carbonyl (C=O) groups is 2. The summed E-state index contributed by atoms with van der Waals surface area (Å²) >= 11 is 0. The summed E-state index contributed by atoms with van der Waals surface area (Å²) in [7, 11) is -4.27. The van der Waals surface area contributed by atoms with Crippen LogP contribution in [-0.2, 0) is 25.8 Å². The van der Waals surface area contributed by atoms with E-state index in [1.165, 1.54) is 4.90 Å². The summed E-state index contributed by atoms with van der Waals surface area (Å²) in [5.74, 6) is -0.486. The molecule has 2 heterocycles. The maximum absolute atomic E-state index is 12.8. The second kappa shape index (κ2) is 9.56. The maximum Gasteiger partial charge on any atom is 0.416 e. The minimum atomic E-state index is -4.67. The number of benzene rings is 1. The highest BCUT2D eigenvalue weighted by Crippen LogP contribution is 2.30. The molecule has 2 amide bonds. The van der Waals surface area contributed by atoms with Gasteiger partial charge < -0.3 is 9.80 Å². The average Bonchev–Trinajstić information content (AvgIpc) is 2.77. The first-order valence-corrected chi connectivity index (χ1v) is 11.8. The third-order valence-electron chi connectivity index (χ3n) is 5.75. The molecule has 0 unspecified atom stereocenters. The number of nitrogens with zero attached hydrogens (tertiary/aromatic N) is 2. The molecule has 2 aliphatic rings. The summed E-state index contributed by atoms with van der Waals surface area (Å²) in [6.07, 6.45) is -0.489. The van der Waals surface area contributed by atoms with Crippen molar-refractivity contribution in [1.82, 2.24) is 14.5 Å². The second-order valence-electron chi connectivity index (χ2n) is 7.89. The summed E-state index contributed by atoms with van der Waals surface area (Å²) in [4.78, 5) is 27.8. The normalized spacial score (nSPS) is 18.8. The van der Waals surface area contributed by atoms with Gasteiger partial charge in [0.15, 0.2) is 0 Å². The number of rotatable bonds is 5. The topological polar surface area (TPSA) is 86.8 Å². The average molecular weight is 462 g/mol. The molecule has 0 radical (unpaired) electrons. The fourth-order valence-electron chi connectivity index (χ4n) is 3.94. The van der Waals surface area contributed by atoms with E-state index in [2.05, 4.69) is 4.72 Å². The third kappa shape index (κ3) is 5.97. The number of hydrogen-bond donors (Lipinski definition) is 1. The summed E-state index contributed by atoms with van der Waals surface area (Å²) in [5.41, 5.74) is -1.08. The highest BCUT2D eigenvalue weighted by molar-refractivity contribution is 7.89. The van der Waals surface area contributed by atoms with Gasteiger partial charge in [-0.15, -0.1) is 0 Å². The number of likely N-dealkylation sites (tertiary alicyclic amines) is 2. The van der Waals surface area contributed by atoms with Gasteiger partial charge in [-0.1, -0.05) is 6.07 Å². The molecule has 0 saturated carbocycles. The molecule has 0 bridgehead atoms. The summed E-state index contributed by atoms with van der Waals surface area (Å²) in [6.45, 7) is 1.68. The lowest BCUT2D eigenvalue weighted by molar-refractivity contribution is -0.141. The van der Waals surface area contributed by atoms with Crippen LogP contribution in [0.1, 0.15) is 37.7 Å². The van der Waals surface area contributed by atoms with Gasteiger partial charge in [-0.25, -0.2) is 13.1 Å². The second-order valence-corrected chi connectivity index (χ2v) is 9.66. The molecule has 0 atom stereocenters. The minimum Gasteiger partial charge on any atom is -0.342 e. The number of hydrogen-bond acceptors (Lipinski definition) is 4. The molecule has 3 rings (SSSR count). The number of alkyl halides is 3. The Morgan fingerprint density at radius 2 is 1.65 bits per heavy atom. The lowest BCUT2D eigenvalue weighted by Crippen LogP contribution is -2.47. The Morgan fingerprint density at radius 3 is 2.26 bits per heavy atom. The summed E-state index contributed by atoms with van der Waals surface area (Å²) in [5, 5.41) is 0. The van der Waals surface area contributed by atoms with E-state index in [4.69, 9.17) is 0 Å². The molecule has 0 aromatic heterocycles. The number of carbonyl (C=O) groups excluding carboxylic acids is 2. The van der Waals surface area contributed by atoms with Gasteiger partial charge in [-0.05, 0) is 50.3 Å². The quantitative estimate of drug-likeness (QED) is 0.729. The highest BCUT2D eigenvalue weighted by atomic mass is 32.2. The zero-order valence-electron chi connectivity index (χ0n) is 17.0. The predicted octanol–water partition coefficient (Wildman–Crippen LogP) is 2.23. The molecule has 2 aliphatic heterocycles. The lowest BCUT2D eigenvalue weighted by atomic mass is 9.94. The van der Waals surface area contributed by atoms with Crippen LogP contribution in [0, 0.1) is 5.92 Å². The largest absolute Gasteiger partial charge is 0.416 e. The molecular formula is C20H26F3N3O4S. The number of sulfonamides is 1. The van der Waals surface area contributed by atoms with Gasteiger partial charge in [-0.2, -0.15) is 13.2 Å². The smallest absolute Gasteiger partial charge is 0.342 e.